The molecule has 0 aromatic carbocycles. The molecule has 0 bridgehead atoms. The molecule has 0 unspecified atom stereocenters. The zero-order valence-corrected chi connectivity index (χ0v) is 6.01. The lowest BCUT2D eigenvalue weighted by molar-refractivity contribution is 0.296. The Morgan fingerprint density at radius 2 is 2.33 bits per heavy atom. The highest BCUT2D eigenvalue weighted by Gasteiger charge is 2.13. The van der Waals surface area contributed by atoms with Gasteiger partial charge in [-0.1, -0.05) is 6.08 Å². The maximum Gasteiger partial charge on any atom is 0.0507 e. The molecule has 0 N–H and O–H groups in total. The molecule has 0 saturated carbocycles. The fourth-order valence-corrected chi connectivity index (χ4v) is 1.13. The molecule has 0 aliphatic carbocycles. The van der Waals surface area contributed by atoms with Crippen molar-refractivity contribution in [1.29, 1.82) is 0 Å². The maximum atomic E-state index is 3.69. The van der Waals surface area contributed by atoms with Crippen molar-refractivity contribution in [3.05, 3.63) is 12.7 Å². The lowest BCUT2D eigenvalue weighted by atomic mass is 10.5. The number of hydrogen-bond donors (Lipinski definition) is 0. The predicted molar refractivity (Wildman–Crippen MR) is 39.3 cm³/mol. The molecule has 0 aromatic rings. The molecule has 1 rings (SSSR count). The summed E-state index contributed by atoms with van der Waals surface area (Å²) < 4.78 is 0. The molecule has 1 heterocycles. The largest absolute Gasteiger partial charge is 0.292 e. The van der Waals surface area contributed by atoms with Crippen LogP contribution < -0.4 is 0 Å². The first-order valence-corrected chi connectivity index (χ1v) is 3.34. The molecule has 1 aliphatic heterocycles. The van der Waals surface area contributed by atoms with Gasteiger partial charge >= 0.3 is 0 Å². The summed E-state index contributed by atoms with van der Waals surface area (Å²) in [5, 5.41) is 0. The van der Waals surface area contributed by atoms with Gasteiger partial charge < -0.3 is 0 Å². The van der Waals surface area contributed by atoms with Gasteiger partial charge in [-0.25, -0.2) is 0 Å². The second-order valence-corrected chi connectivity index (χ2v) is 2.59. The second kappa shape index (κ2) is 2.99. The monoisotopic (exact) mass is 126 g/mol. The average Bonchev–Trinajstić information content (AvgIpc) is 2.17. The van der Waals surface area contributed by atoms with Crippen LogP contribution in [0.15, 0.2) is 12.7 Å². The lowest BCUT2D eigenvalue weighted by Gasteiger charge is -2.11. The lowest BCUT2D eigenvalue weighted by Crippen LogP contribution is -2.22. The summed E-state index contributed by atoms with van der Waals surface area (Å²) >= 11 is 0. The highest BCUT2D eigenvalue weighted by atomic mass is 15.4. The molecular formula is C7H14N2. The molecule has 52 valence electrons. The van der Waals surface area contributed by atoms with E-state index in [1.54, 1.807) is 0 Å². The van der Waals surface area contributed by atoms with Gasteiger partial charge in [0.2, 0.25) is 0 Å². The SMILES string of the molecule is C=CCN1CCN(C)C1. The summed E-state index contributed by atoms with van der Waals surface area (Å²) in [6.45, 7) is 8.22. The van der Waals surface area contributed by atoms with Gasteiger partial charge in [-0.3, -0.25) is 9.80 Å². The Bertz CT molecular complexity index is 101. The molecule has 2 nitrogen and oxygen atoms in total. The summed E-state index contributed by atoms with van der Waals surface area (Å²) in [5.74, 6) is 0. The third-order valence-corrected chi connectivity index (χ3v) is 1.63. The van der Waals surface area contributed by atoms with E-state index in [4.69, 9.17) is 0 Å². The van der Waals surface area contributed by atoms with Crippen molar-refractivity contribution in [3.63, 3.8) is 0 Å². The smallest absolute Gasteiger partial charge is 0.0507 e. The molecule has 1 saturated heterocycles. The van der Waals surface area contributed by atoms with Crippen molar-refractivity contribution < 1.29 is 0 Å². The van der Waals surface area contributed by atoms with E-state index < -0.39 is 0 Å². The summed E-state index contributed by atoms with van der Waals surface area (Å²) in [6, 6.07) is 0. The molecular weight excluding hydrogens is 112 g/mol. The Labute approximate surface area is 56.8 Å². The van der Waals surface area contributed by atoms with Crippen molar-refractivity contribution in [2.45, 2.75) is 0 Å². The van der Waals surface area contributed by atoms with Crippen molar-refractivity contribution in [3.8, 4) is 0 Å². The Balaban J connectivity index is 2.21. The van der Waals surface area contributed by atoms with Crippen LogP contribution in [-0.2, 0) is 0 Å². The van der Waals surface area contributed by atoms with Crippen LogP contribution in [0.3, 0.4) is 0 Å². The van der Waals surface area contributed by atoms with E-state index >= 15 is 0 Å². The zero-order chi connectivity index (χ0) is 6.69. The van der Waals surface area contributed by atoms with E-state index in [-0.39, 0.29) is 0 Å². The van der Waals surface area contributed by atoms with Gasteiger partial charge in [-0.15, -0.1) is 6.58 Å². The first kappa shape index (κ1) is 6.78. The minimum Gasteiger partial charge on any atom is -0.292 e. The van der Waals surface area contributed by atoms with Crippen molar-refractivity contribution in [1.82, 2.24) is 9.80 Å². The topological polar surface area (TPSA) is 6.48 Å². The van der Waals surface area contributed by atoms with Crippen LogP contribution in [0.5, 0.6) is 0 Å². The molecule has 2 heteroatoms. The van der Waals surface area contributed by atoms with Crippen LogP contribution in [0.1, 0.15) is 0 Å². The fraction of sp³-hybridized carbons (Fsp3) is 0.714. The molecule has 0 atom stereocenters. The van der Waals surface area contributed by atoms with E-state index in [0.717, 1.165) is 13.2 Å². The Hall–Kier alpha value is -0.340. The summed E-state index contributed by atoms with van der Waals surface area (Å²) in [7, 11) is 2.14. The van der Waals surface area contributed by atoms with Gasteiger partial charge in [-0.2, -0.15) is 0 Å². The van der Waals surface area contributed by atoms with Gasteiger partial charge in [-0.05, 0) is 7.05 Å². The zero-order valence-electron chi connectivity index (χ0n) is 6.01. The van der Waals surface area contributed by atoms with Gasteiger partial charge in [0.25, 0.3) is 0 Å². The summed E-state index contributed by atoms with van der Waals surface area (Å²) in [6.07, 6.45) is 1.96. The van der Waals surface area contributed by atoms with Crippen LogP contribution in [0.2, 0.25) is 0 Å². The minimum atomic E-state index is 1.03. The van der Waals surface area contributed by atoms with Crippen LogP contribution in [-0.4, -0.2) is 43.2 Å². The Morgan fingerprint density at radius 1 is 1.56 bits per heavy atom. The highest BCUT2D eigenvalue weighted by Crippen LogP contribution is 1.99. The molecule has 0 aromatic heterocycles. The Morgan fingerprint density at radius 3 is 2.78 bits per heavy atom. The molecule has 1 fully saturated rings. The van der Waals surface area contributed by atoms with Crippen LogP contribution in [0, 0.1) is 0 Å². The third kappa shape index (κ3) is 1.80. The fourth-order valence-electron chi connectivity index (χ4n) is 1.13. The van der Waals surface area contributed by atoms with E-state index in [0.29, 0.717) is 0 Å². The van der Waals surface area contributed by atoms with Crippen molar-refractivity contribution in [2.24, 2.45) is 0 Å². The van der Waals surface area contributed by atoms with Crippen LogP contribution >= 0.6 is 0 Å². The van der Waals surface area contributed by atoms with E-state index in [1.807, 2.05) is 6.08 Å². The normalized spacial score (nSPS) is 22.8. The molecule has 0 spiro atoms. The maximum absolute atomic E-state index is 3.69. The number of hydrogen-bond acceptors (Lipinski definition) is 2. The summed E-state index contributed by atoms with van der Waals surface area (Å²) in [4.78, 5) is 4.68. The quantitative estimate of drug-likeness (QED) is 0.493. The molecule has 0 radical (unpaired) electrons. The standard InChI is InChI=1S/C7H14N2/c1-3-4-9-6-5-8(2)7-9/h3H,1,4-7H2,2H3. The van der Waals surface area contributed by atoms with Crippen molar-refractivity contribution >= 4 is 0 Å². The van der Waals surface area contributed by atoms with Crippen LogP contribution in [0.25, 0.3) is 0 Å². The van der Waals surface area contributed by atoms with E-state index in [1.165, 1.54) is 13.1 Å². The third-order valence-electron chi connectivity index (χ3n) is 1.63. The van der Waals surface area contributed by atoms with Crippen LogP contribution in [0.4, 0.5) is 0 Å². The number of likely N-dealkylation sites (N-methyl/N-ethyl adjacent to an activating group) is 1. The van der Waals surface area contributed by atoms with Crippen molar-refractivity contribution in [2.75, 3.05) is 33.4 Å². The molecule has 0 amide bonds. The molecule has 1 aliphatic rings. The first-order chi connectivity index (χ1) is 4.33. The van der Waals surface area contributed by atoms with E-state index in [9.17, 15) is 0 Å². The minimum absolute atomic E-state index is 1.03. The van der Waals surface area contributed by atoms with Gasteiger partial charge in [0.05, 0.1) is 6.67 Å². The first-order valence-electron chi connectivity index (χ1n) is 3.34. The summed E-state index contributed by atoms with van der Waals surface area (Å²) in [5.41, 5.74) is 0. The number of rotatable bonds is 2. The highest BCUT2D eigenvalue weighted by molar-refractivity contribution is 4.76. The predicted octanol–water partition coefficient (Wildman–Crippen LogP) is 0.377. The number of nitrogens with zero attached hydrogens (tertiary/aromatic N) is 2. The molecule has 9 heavy (non-hydrogen) atoms. The van der Waals surface area contributed by atoms with Gasteiger partial charge in [0.1, 0.15) is 0 Å². The van der Waals surface area contributed by atoms with Gasteiger partial charge in [0.15, 0.2) is 0 Å². The van der Waals surface area contributed by atoms with Gasteiger partial charge in [0, 0.05) is 19.6 Å². The average molecular weight is 126 g/mol. The van der Waals surface area contributed by atoms with E-state index in [2.05, 4.69) is 23.4 Å². The second-order valence-electron chi connectivity index (χ2n) is 2.59. The Kier molecular flexibility index (Phi) is 2.25.